The summed E-state index contributed by atoms with van der Waals surface area (Å²) in [6.07, 6.45) is 5.59. The Morgan fingerprint density at radius 3 is 3.06 bits per heavy atom. The van der Waals surface area contributed by atoms with Crippen LogP contribution in [0.1, 0.15) is 49.3 Å². The van der Waals surface area contributed by atoms with Gasteiger partial charge in [0.15, 0.2) is 0 Å². The molecular formula is C15H22FNO. The van der Waals surface area contributed by atoms with Crippen LogP contribution in [0.25, 0.3) is 0 Å². The van der Waals surface area contributed by atoms with Crippen molar-refractivity contribution in [1.82, 2.24) is 0 Å². The maximum Gasteiger partial charge on any atom is 0.127 e. The van der Waals surface area contributed by atoms with Crippen molar-refractivity contribution in [3.05, 3.63) is 35.1 Å². The van der Waals surface area contributed by atoms with E-state index in [1.54, 1.807) is 6.07 Å². The van der Waals surface area contributed by atoms with Crippen molar-refractivity contribution in [3.63, 3.8) is 0 Å². The zero-order valence-corrected chi connectivity index (χ0v) is 11.0. The first-order valence-electron chi connectivity index (χ1n) is 6.80. The van der Waals surface area contributed by atoms with Crippen LogP contribution in [0.5, 0.6) is 0 Å². The van der Waals surface area contributed by atoms with E-state index in [1.807, 2.05) is 13.0 Å². The number of nitrogens with two attached hydrogens (primary N) is 1. The summed E-state index contributed by atoms with van der Waals surface area (Å²) < 4.78 is 19.2. The molecule has 1 heterocycles. The minimum Gasteiger partial charge on any atom is -0.378 e. The van der Waals surface area contributed by atoms with Crippen LogP contribution in [-0.2, 0) is 4.74 Å². The van der Waals surface area contributed by atoms with Gasteiger partial charge in [0, 0.05) is 18.2 Å². The lowest BCUT2D eigenvalue weighted by molar-refractivity contribution is 0.101. The lowest BCUT2D eigenvalue weighted by Crippen LogP contribution is -2.14. The van der Waals surface area contributed by atoms with Gasteiger partial charge < -0.3 is 10.5 Å². The molecule has 2 unspecified atom stereocenters. The first-order valence-corrected chi connectivity index (χ1v) is 6.80. The average molecular weight is 251 g/mol. The van der Waals surface area contributed by atoms with E-state index in [-0.39, 0.29) is 11.9 Å². The van der Waals surface area contributed by atoms with Gasteiger partial charge in [-0.1, -0.05) is 17.7 Å². The Kier molecular flexibility index (Phi) is 4.72. The Morgan fingerprint density at radius 2 is 2.33 bits per heavy atom. The maximum absolute atomic E-state index is 13.6. The van der Waals surface area contributed by atoms with Gasteiger partial charge in [0.2, 0.25) is 0 Å². The number of rotatable bonds is 5. The highest BCUT2D eigenvalue weighted by Gasteiger charge is 2.16. The maximum atomic E-state index is 13.6. The van der Waals surface area contributed by atoms with E-state index < -0.39 is 0 Å². The van der Waals surface area contributed by atoms with Crippen molar-refractivity contribution in [2.75, 3.05) is 6.61 Å². The van der Waals surface area contributed by atoms with Crippen molar-refractivity contribution in [1.29, 1.82) is 0 Å². The molecule has 1 aromatic carbocycles. The molecule has 0 radical (unpaired) electrons. The molecule has 0 saturated carbocycles. The molecule has 1 aromatic rings. The second kappa shape index (κ2) is 6.30. The van der Waals surface area contributed by atoms with E-state index in [2.05, 4.69) is 0 Å². The second-order valence-electron chi connectivity index (χ2n) is 5.20. The summed E-state index contributed by atoms with van der Waals surface area (Å²) in [4.78, 5) is 0. The molecular weight excluding hydrogens is 229 g/mol. The molecule has 100 valence electrons. The van der Waals surface area contributed by atoms with Crippen molar-refractivity contribution >= 4 is 0 Å². The van der Waals surface area contributed by atoms with E-state index >= 15 is 0 Å². The molecule has 1 fully saturated rings. The monoisotopic (exact) mass is 251 g/mol. The molecule has 18 heavy (non-hydrogen) atoms. The van der Waals surface area contributed by atoms with Gasteiger partial charge in [-0.15, -0.1) is 0 Å². The molecule has 0 spiro atoms. The smallest absolute Gasteiger partial charge is 0.127 e. The Hall–Kier alpha value is -0.930. The summed E-state index contributed by atoms with van der Waals surface area (Å²) in [6.45, 7) is 2.85. The third kappa shape index (κ3) is 3.53. The molecule has 2 rings (SSSR count). The number of aryl methyl sites for hydroxylation is 1. The molecule has 1 saturated heterocycles. The fraction of sp³-hybridized carbons (Fsp3) is 0.600. The molecule has 0 aromatic heterocycles. The third-order valence-electron chi connectivity index (χ3n) is 3.62. The van der Waals surface area contributed by atoms with Crippen LogP contribution in [0.3, 0.4) is 0 Å². The van der Waals surface area contributed by atoms with E-state index in [0.717, 1.165) is 37.9 Å². The summed E-state index contributed by atoms with van der Waals surface area (Å²) in [6, 6.07) is 4.93. The molecule has 0 bridgehead atoms. The van der Waals surface area contributed by atoms with E-state index in [9.17, 15) is 4.39 Å². The summed E-state index contributed by atoms with van der Waals surface area (Å²) in [5.41, 5.74) is 7.77. The van der Waals surface area contributed by atoms with Crippen molar-refractivity contribution in [2.24, 2.45) is 5.73 Å². The standard InChI is InChI=1S/C15H22FNO/c1-11-7-8-14(16)13(10-11)15(17)6-2-4-12-5-3-9-18-12/h7-8,10,12,15H,2-6,9,17H2,1H3. The third-order valence-corrected chi connectivity index (χ3v) is 3.62. The number of hydrogen-bond donors (Lipinski definition) is 1. The normalized spacial score (nSPS) is 21.2. The molecule has 1 aliphatic heterocycles. The Balaban J connectivity index is 1.83. The van der Waals surface area contributed by atoms with Crippen LogP contribution in [0.15, 0.2) is 18.2 Å². The molecule has 2 atom stereocenters. The topological polar surface area (TPSA) is 35.2 Å². The number of halogens is 1. The second-order valence-corrected chi connectivity index (χ2v) is 5.20. The highest BCUT2D eigenvalue weighted by Crippen LogP contribution is 2.24. The van der Waals surface area contributed by atoms with Gasteiger partial charge in [0.05, 0.1) is 6.10 Å². The molecule has 0 amide bonds. The van der Waals surface area contributed by atoms with Crippen LogP contribution >= 0.6 is 0 Å². The van der Waals surface area contributed by atoms with E-state index in [0.29, 0.717) is 11.7 Å². The number of hydrogen-bond acceptors (Lipinski definition) is 2. The van der Waals surface area contributed by atoms with Gasteiger partial charge in [0.25, 0.3) is 0 Å². The molecule has 0 aliphatic carbocycles. The highest BCUT2D eigenvalue weighted by molar-refractivity contribution is 5.26. The quantitative estimate of drug-likeness (QED) is 0.869. The van der Waals surface area contributed by atoms with Gasteiger partial charge in [-0.25, -0.2) is 4.39 Å². The zero-order valence-electron chi connectivity index (χ0n) is 11.0. The highest BCUT2D eigenvalue weighted by atomic mass is 19.1. The minimum atomic E-state index is -0.202. The summed E-state index contributed by atoms with van der Waals surface area (Å²) in [7, 11) is 0. The van der Waals surface area contributed by atoms with Gasteiger partial charge >= 0.3 is 0 Å². The molecule has 3 heteroatoms. The van der Waals surface area contributed by atoms with Crippen LogP contribution in [0.4, 0.5) is 4.39 Å². The van der Waals surface area contributed by atoms with Gasteiger partial charge in [0.1, 0.15) is 5.82 Å². The Labute approximate surface area is 108 Å². The molecule has 1 aliphatic rings. The summed E-state index contributed by atoms with van der Waals surface area (Å²) >= 11 is 0. The van der Waals surface area contributed by atoms with Gasteiger partial charge in [-0.3, -0.25) is 0 Å². The lowest BCUT2D eigenvalue weighted by Gasteiger charge is -2.15. The lowest BCUT2D eigenvalue weighted by atomic mass is 9.98. The fourth-order valence-corrected chi connectivity index (χ4v) is 2.54. The Morgan fingerprint density at radius 1 is 1.50 bits per heavy atom. The molecule has 2 N–H and O–H groups in total. The minimum absolute atomic E-state index is 0.190. The average Bonchev–Trinajstić information content (AvgIpc) is 2.85. The SMILES string of the molecule is Cc1ccc(F)c(C(N)CCCC2CCCO2)c1. The van der Waals surface area contributed by atoms with Crippen molar-refractivity contribution < 1.29 is 9.13 Å². The van der Waals surface area contributed by atoms with Crippen molar-refractivity contribution in [3.8, 4) is 0 Å². The van der Waals surface area contributed by atoms with Crippen LogP contribution in [-0.4, -0.2) is 12.7 Å². The summed E-state index contributed by atoms with van der Waals surface area (Å²) in [5.74, 6) is -0.190. The van der Waals surface area contributed by atoms with Crippen LogP contribution in [0, 0.1) is 12.7 Å². The fourth-order valence-electron chi connectivity index (χ4n) is 2.54. The van der Waals surface area contributed by atoms with Gasteiger partial charge in [-0.2, -0.15) is 0 Å². The largest absolute Gasteiger partial charge is 0.378 e. The van der Waals surface area contributed by atoms with Crippen LogP contribution < -0.4 is 5.73 Å². The van der Waals surface area contributed by atoms with Gasteiger partial charge in [-0.05, 0) is 45.1 Å². The van der Waals surface area contributed by atoms with E-state index in [4.69, 9.17) is 10.5 Å². The predicted molar refractivity (Wildman–Crippen MR) is 70.9 cm³/mol. The molecule has 2 nitrogen and oxygen atoms in total. The first-order chi connectivity index (χ1) is 8.66. The predicted octanol–water partition coefficient (Wildman–Crippen LogP) is 3.48. The number of benzene rings is 1. The summed E-state index contributed by atoms with van der Waals surface area (Å²) in [5, 5.41) is 0. The number of ether oxygens (including phenoxy) is 1. The van der Waals surface area contributed by atoms with Crippen LogP contribution in [0.2, 0.25) is 0 Å². The van der Waals surface area contributed by atoms with Crippen molar-refractivity contribution in [2.45, 2.75) is 51.2 Å². The Bertz CT molecular complexity index is 388. The zero-order chi connectivity index (χ0) is 13.0. The first kappa shape index (κ1) is 13.5. The van der Waals surface area contributed by atoms with E-state index in [1.165, 1.54) is 12.5 Å².